The molecule has 1 heterocycles. The van der Waals surface area contributed by atoms with Crippen LogP contribution in [0, 0.1) is 5.92 Å². The third-order valence-corrected chi connectivity index (χ3v) is 3.11. The minimum atomic E-state index is 0. The van der Waals surface area contributed by atoms with E-state index in [0.717, 1.165) is 12.5 Å². The highest BCUT2D eigenvalue weighted by Gasteiger charge is 2.14. The third kappa shape index (κ3) is 6.22. The zero-order valence-electron chi connectivity index (χ0n) is 12.5. The predicted molar refractivity (Wildman–Crippen MR) is 89.9 cm³/mol. The van der Waals surface area contributed by atoms with Crippen molar-refractivity contribution in [2.75, 3.05) is 54.4 Å². The molecule has 0 N–H and O–H groups in total. The molecule has 0 saturated carbocycles. The Hall–Kier alpha value is -0.0400. The Balaban J connectivity index is 0.00000289. The van der Waals surface area contributed by atoms with Gasteiger partial charge >= 0.3 is 0 Å². The molecule has 0 bridgehead atoms. The summed E-state index contributed by atoms with van der Waals surface area (Å²) in [5.41, 5.74) is 0. The monoisotopic (exact) mass is 368 g/mol. The van der Waals surface area contributed by atoms with E-state index in [2.05, 4.69) is 21.6 Å². The zero-order valence-corrected chi connectivity index (χ0v) is 14.8. The van der Waals surface area contributed by atoms with Gasteiger partial charge in [0.25, 0.3) is 0 Å². The summed E-state index contributed by atoms with van der Waals surface area (Å²) in [4.78, 5) is 11.4. The lowest BCUT2D eigenvalue weighted by Crippen LogP contribution is -2.36. The van der Waals surface area contributed by atoms with Gasteiger partial charge < -0.3 is 14.7 Å². The van der Waals surface area contributed by atoms with E-state index in [4.69, 9.17) is 4.99 Å². The molecule has 0 aromatic heterocycles. The fraction of sp³-hybridized carbons (Fsp3) is 0.923. The van der Waals surface area contributed by atoms with Crippen LogP contribution in [0.5, 0.6) is 0 Å². The highest BCUT2D eigenvalue weighted by molar-refractivity contribution is 14.0. The predicted octanol–water partition coefficient (Wildman–Crippen LogP) is 1.82. The van der Waals surface area contributed by atoms with E-state index in [1.165, 1.54) is 32.5 Å². The number of rotatable bonds is 4. The second-order valence-corrected chi connectivity index (χ2v) is 5.54. The van der Waals surface area contributed by atoms with Crippen LogP contribution in [0.15, 0.2) is 4.99 Å². The molecule has 0 spiro atoms. The summed E-state index contributed by atoms with van der Waals surface area (Å²) in [6.07, 6.45) is 2.74. The first-order chi connectivity index (χ1) is 8.00. The molecule has 1 fully saturated rings. The number of aliphatic imine (C=N–C) groups is 1. The van der Waals surface area contributed by atoms with Crippen molar-refractivity contribution in [3.8, 4) is 0 Å². The van der Waals surface area contributed by atoms with Gasteiger partial charge in [-0.2, -0.15) is 0 Å². The summed E-state index contributed by atoms with van der Waals surface area (Å²) in [6, 6.07) is 0. The average Bonchev–Trinajstić information content (AvgIpc) is 2.69. The molecule has 0 radical (unpaired) electrons. The van der Waals surface area contributed by atoms with Crippen LogP contribution in [0.3, 0.4) is 0 Å². The lowest BCUT2D eigenvalue weighted by molar-refractivity contribution is 0.291. The van der Waals surface area contributed by atoms with Gasteiger partial charge in [-0.15, -0.1) is 24.0 Å². The Morgan fingerprint density at radius 1 is 1.11 bits per heavy atom. The minimum Gasteiger partial charge on any atom is -0.349 e. The summed E-state index contributed by atoms with van der Waals surface area (Å²) in [5.74, 6) is 1.70. The standard InChI is InChI=1S/C13H28N4.HI/c1-12(11-17-8-6-7-9-17)10-14-13(15(2)3)16(4)5;/h12H,6-11H2,1-5H3;1H. The quantitative estimate of drug-likeness (QED) is 0.429. The number of halogens is 1. The van der Waals surface area contributed by atoms with E-state index in [1.54, 1.807) is 0 Å². The van der Waals surface area contributed by atoms with Gasteiger partial charge in [0.15, 0.2) is 5.96 Å². The van der Waals surface area contributed by atoms with Crippen LogP contribution in [0.25, 0.3) is 0 Å². The van der Waals surface area contributed by atoms with Gasteiger partial charge in [0.05, 0.1) is 0 Å². The first-order valence-corrected chi connectivity index (χ1v) is 6.62. The molecule has 4 nitrogen and oxygen atoms in total. The second kappa shape index (κ2) is 8.96. The fourth-order valence-electron chi connectivity index (χ4n) is 2.38. The van der Waals surface area contributed by atoms with Crippen molar-refractivity contribution < 1.29 is 0 Å². The number of hydrogen-bond acceptors (Lipinski definition) is 2. The van der Waals surface area contributed by atoms with E-state index >= 15 is 0 Å². The normalized spacial score (nSPS) is 16.9. The SMILES string of the molecule is CC(CN=C(N(C)C)N(C)C)CN1CCCC1.I. The summed E-state index contributed by atoms with van der Waals surface area (Å²) in [5, 5.41) is 0. The van der Waals surface area contributed by atoms with Crippen LogP contribution >= 0.6 is 24.0 Å². The van der Waals surface area contributed by atoms with Crippen molar-refractivity contribution in [3.63, 3.8) is 0 Å². The van der Waals surface area contributed by atoms with Crippen molar-refractivity contribution >= 4 is 29.9 Å². The van der Waals surface area contributed by atoms with Gasteiger partial charge in [0.2, 0.25) is 0 Å². The van der Waals surface area contributed by atoms with Gasteiger partial charge in [-0.1, -0.05) is 6.92 Å². The minimum absolute atomic E-state index is 0. The van der Waals surface area contributed by atoms with Crippen LogP contribution in [0.1, 0.15) is 19.8 Å². The highest BCUT2D eigenvalue weighted by atomic mass is 127. The van der Waals surface area contributed by atoms with Crippen molar-refractivity contribution in [1.29, 1.82) is 0 Å². The fourth-order valence-corrected chi connectivity index (χ4v) is 2.38. The smallest absolute Gasteiger partial charge is 0.195 e. The van der Waals surface area contributed by atoms with E-state index in [9.17, 15) is 0 Å². The van der Waals surface area contributed by atoms with Crippen LogP contribution in [0.2, 0.25) is 0 Å². The summed E-state index contributed by atoms with van der Waals surface area (Å²) in [7, 11) is 8.18. The van der Waals surface area contributed by atoms with Gasteiger partial charge in [0.1, 0.15) is 0 Å². The Morgan fingerprint density at radius 3 is 2.06 bits per heavy atom. The molecule has 1 aliphatic heterocycles. The molecule has 5 heteroatoms. The molecule has 1 unspecified atom stereocenters. The average molecular weight is 368 g/mol. The second-order valence-electron chi connectivity index (χ2n) is 5.54. The van der Waals surface area contributed by atoms with E-state index in [0.29, 0.717) is 5.92 Å². The molecule has 0 aromatic carbocycles. The van der Waals surface area contributed by atoms with Crippen molar-refractivity contribution in [2.45, 2.75) is 19.8 Å². The van der Waals surface area contributed by atoms with Crippen molar-refractivity contribution in [3.05, 3.63) is 0 Å². The molecular formula is C13H29IN4. The first-order valence-electron chi connectivity index (χ1n) is 6.62. The molecule has 1 aliphatic rings. The van der Waals surface area contributed by atoms with Crippen molar-refractivity contribution in [2.24, 2.45) is 10.9 Å². The maximum absolute atomic E-state index is 4.71. The Bertz CT molecular complexity index is 237. The molecule has 108 valence electrons. The third-order valence-electron chi connectivity index (χ3n) is 3.11. The summed E-state index contributed by atoms with van der Waals surface area (Å²) >= 11 is 0. The highest BCUT2D eigenvalue weighted by Crippen LogP contribution is 2.10. The first kappa shape index (κ1) is 18.0. The molecule has 0 aromatic rings. The topological polar surface area (TPSA) is 22.1 Å². The summed E-state index contributed by atoms with van der Waals surface area (Å²) < 4.78 is 0. The lowest BCUT2D eigenvalue weighted by Gasteiger charge is -2.24. The molecule has 1 atom stereocenters. The van der Waals surface area contributed by atoms with E-state index < -0.39 is 0 Å². The zero-order chi connectivity index (χ0) is 12.8. The Morgan fingerprint density at radius 2 is 1.61 bits per heavy atom. The van der Waals surface area contributed by atoms with E-state index in [1.807, 2.05) is 28.2 Å². The van der Waals surface area contributed by atoms with Crippen LogP contribution in [-0.4, -0.2) is 75.0 Å². The van der Waals surface area contributed by atoms with Gasteiger partial charge in [-0.3, -0.25) is 4.99 Å². The molecule has 1 rings (SSSR count). The largest absolute Gasteiger partial charge is 0.349 e. The molecule has 0 amide bonds. The number of nitrogens with zero attached hydrogens (tertiary/aromatic N) is 4. The molecular weight excluding hydrogens is 339 g/mol. The van der Waals surface area contributed by atoms with Crippen LogP contribution < -0.4 is 0 Å². The van der Waals surface area contributed by atoms with Crippen LogP contribution in [-0.2, 0) is 0 Å². The number of hydrogen-bond donors (Lipinski definition) is 0. The number of likely N-dealkylation sites (tertiary alicyclic amines) is 1. The Kier molecular flexibility index (Phi) is 8.94. The van der Waals surface area contributed by atoms with Crippen LogP contribution in [0.4, 0.5) is 0 Å². The Labute approximate surface area is 129 Å². The molecule has 0 aliphatic carbocycles. The number of guanidine groups is 1. The van der Waals surface area contributed by atoms with Gasteiger partial charge in [-0.05, 0) is 31.8 Å². The maximum Gasteiger partial charge on any atom is 0.195 e. The van der Waals surface area contributed by atoms with Gasteiger partial charge in [0, 0.05) is 41.3 Å². The molecule has 18 heavy (non-hydrogen) atoms. The van der Waals surface area contributed by atoms with Gasteiger partial charge in [-0.25, -0.2) is 0 Å². The maximum atomic E-state index is 4.71. The van der Waals surface area contributed by atoms with E-state index in [-0.39, 0.29) is 24.0 Å². The van der Waals surface area contributed by atoms with Crippen molar-refractivity contribution in [1.82, 2.24) is 14.7 Å². The molecule has 1 saturated heterocycles. The lowest BCUT2D eigenvalue weighted by atomic mass is 10.2. The summed E-state index contributed by atoms with van der Waals surface area (Å²) in [6.45, 7) is 6.97.